The molecule has 2 aromatic rings. The van der Waals surface area contributed by atoms with Gasteiger partial charge in [0.15, 0.2) is 6.54 Å². The fourth-order valence-electron chi connectivity index (χ4n) is 4.72. The number of fused-ring (bicyclic) bond motifs is 3. The molecule has 1 fully saturated rings. The van der Waals surface area contributed by atoms with Gasteiger partial charge in [-0.3, -0.25) is 4.79 Å². The van der Waals surface area contributed by atoms with E-state index in [9.17, 15) is 4.79 Å². The largest absolute Gasteiger partial charge is 0.358 e. The lowest BCUT2D eigenvalue weighted by atomic mass is 9.99. The summed E-state index contributed by atoms with van der Waals surface area (Å²) < 4.78 is 0. The average molecular weight is 340 g/mol. The number of H-pyrrole nitrogens is 1. The second-order valence-electron chi connectivity index (χ2n) is 7.88. The lowest BCUT2D eigenvalue weighted by Gasteiger charge is -2.34. The van der Waals surface area contributed by atoms with Crippen molar-refractivity contribution in [2.24, 2.45) is 0 Å². The molecule has 1 amide bonds. The van der Waals surface area contributed by atoms with Gasteiger partial charge in [-0.2, -0.15) is 0 Å². The zero-order chi connectivity index (χ0) is 17.4. The fourth-order valence-corrected chi connectivity index (χ4v) is 4.72. The highest BCUT2D eigenvalue weighted by Crippen LogP contribution is 2.28. The van der Waals surface area contributed by atoms with Gasteiger partial charge in [0.2, 0.25) is 0 Å². The number of nitrogens with zero attached hydrogens (tertiary/aromatic N) is 1. The molecule has 2 atom stereocenters. The first kappa shape index (κ1) is 16.6. The number of rotatable bonds is 3. The lowest BCUT2D eigenvalue weighted by molar-refractivity contribution is -0.923. The predicted octanol–water partition coefficient (Wildman–Crippen LogP) is 2.21. The summed E-state index contributed by atoms with van der Waals surface area (Å²) in [5.41, 5.74) is 5.14. The number of aryl methyl sites for hydroxylation is 1. The number of nitrogens with one attached hydrogen (secondary N) is 2. The van der Waals surface area contributed by atoms with E-state index in [0.29, 0.717) is 18.5 Å². The minimum absolute atomic E-state index is 0.336. The fraction of sp³-hybridized carbons (Fsp3) is 0.571. The Kier molecular flexibility index (Phi) is 4.55. The van der Waals surface area contributed by atoms with Gasteiger partial charge in [0.1, 0.15) is 0 Å². The van der Waals surface area contributed by atoms with Gasteiger partial charge < -0.3 is 14.8 Å². The standard InChI is InChI=1S/C21H29N3O/c1-3-16-6-4-5-10-23(16)14-21(25)24-11-9-20-18(13-24)17-12-15(2)7-8-19(17)22-20/h7-8,12,16,22H,3-6,9-11,13-14H2,1-2H3/p+1/t16-/m1/s1. The Hall–Kier alpha value is -1.81. The first-order valence-corrected chi connectivity index (χ1v) is 9.88. The van der Waals surface area contributed by atoms with Crippen LogP contribution < -0.4 is 4.90 Å². The number of hydrogen-bond acceptors (Lipinski definition) is 1. The van der Waals surface area contributed by atoms with Crippen LogP contribution in [0.25, 0.3) is 10.9 Å². The molecule has 4 nitrogen and oxygen atoms in total. The van der Waals surface area contributed by atoms with Crippen LogP contribution in [0, 0.1) is 6.92 Å². The van der Waals surface area contributed by atoms with Crippen LogP contribution >= 0.6 is 0 Å². The number of likely N-dealkylation sites (tertiary alicyclic amines) is 1. The number of hydrogen-bond donors (Lipinski definition) is 2. The maximum atomic E-state index is 13.0. The van der Waals surface area contributed by atoms with Crippen molar-refractivity contribution in [3.63, 3.8) is 0 Å². The van der Waals surface area contributed by atoms with Gasteiger partial charge in [-0.1, -0.05) is 18.6 Å². The Morgan fingerprint density at radius 3 is 3.08 bits per heavy atom. The van der Waals surface area contributed by atoms with Crippen molar-refractivity contribution in [2.45, 2.75) is 58.5 Å². The molecule has 1 aromatic heterocycles. The Balaban J connectivity index is 1.50. The number of amides is 1. The summed E-state index contributed by atoms with van der Waals surface area (Å²) >= 11 is 0. The van der Waals surface area contributed by atoms with Crippen molar-refractivity contribution in [1.82, 2.24) is 9.88 Å². The first-order chi connectivity index (χ1) is 12.2. The quantitative estimate of drug-likeness (QED) is 0.884. The van der Waals surface area contributed by atoms with Gasteiger partial charge in [-0.05, 0) is 44.7 Å². The van der Waals surface area contributed by atoms with Crippen molar-refractivity contribution >= 4 is 16.8 Å². The van der Waals surface area contributed by atoms with Crippen LogP contribution in [-0.2, 0) is 17.8 Å². The number of carbonyl (C=O) groups excluding carboxylic acids is 1. The van der Waals surface area contributed by atoms with E-state index in [1.807, 2.05) is 0 Å². The van der Waals surface area contributed by atoms with E-state index in [1.54, 1.807) is 0 Å². The van der Waals surface area contributed by atoms with Crippen LogP contribution in [0.2, 0.25) is 0 Å². The Bertz CT molecular complexity index is 779. The monoisotopic (exact) mass is 340 g/mol. The maximum Gasteiger partial charge on any atom is 0.278 e. The molecular weight excluding hydrogens is 310 g/mol. The molecule has 2 aliphatic rings. The zero-order valence-electron chi connectivity index (χ0n) is 15.5. The topological polar surface area (TPSA) is 40.5 Å². The third-order valence-corrected chi connectivity index (χ3v) is 6.23. The summed E-state index contributed by atoms with van der Waals surface area (Å²) in [6.07, 6.45) is 6.02. The number of quaternary nitrogens is 1. The summed E-state index contributed by atoms with van der Waals surface area (Å²) in [7, 11) is 0. The van der Waals surface area contributed by atoms with E-state index in [2.05, 4.69) is 41.9 Å². The van der Waals surface area contributed by atoms with E-state index in [1.165, 1.54) is 58.3 Å². The third kappa shape index (κ3) is 3.20. The summed E-state index contributed by atoms with van der Waals surface area (Å²) in [6.45, 7) is 7.85. The van der Waals surface area contributed by atoms with Crippen LogP contribution in [0.5, 0.6) is 0 Å². The van der Waals surface area contributed by atoms with Crippen LogP contribution in [0.15, 0.2) is 18.2 Å². The number of carbonyl (C=O) groups is 1. The molecule has 0 aliphatic carbocycles. The Morgan fingerprint density at radius 2 is 2.24 bits per heavy atom. The van der Waals surface area contributed by atoms with Crippen molar-refractivity contribution in [3.8, 4) is 0 Å². The van der Waals surface area contributed by atoms with Crippen molar-refractivity contribution < 1.29 is 9.69 Å². The van der Waals surface area contributed by atoms with E-state index in [-0.39, 0.29) is 0 Å². The second-order valence-corrected chi connectivity index (χ2v) is 7.88. The predicted molar refractivity (Wildman–Crippen MR) is 101 cm³/mol. The lowest BCUT2D eigenvalue weighted by Crippen LogP contribution is -3.17. The van der Waals surface area contributed by atoms with Crippen molar-refractivity contribution in [2.75, 3.05) is 19.6 Å². The van der Waals surface area contributed by atoms with Gasteiger partial charge in [-0.25, -0.2) is 0 Å². The van der Waals surface area contributed by atoms with E-state index >= 15 is 0 Å². The van der Waals surface area contributed by atoms with Gasteiger partial charge in [-0.15, -0.1) is 0 Å². The highest BCUT2D eigenvalue weighted by atomic mass is 16.2. The SMILES string of the molecule is CC[C@@H]1CCCC[NH+]1CC(=O)N1CCc2[nH]c3ccc(C)cc3c2C1. The second kappa shape index (κ2) is 6.83. The first-order valence-electron chi connectivity index (χ1n) is 9.88. The van der Waals surface area contributed by atoms with Crippen LogP contribution in [-0.4, -0.2) is 41.5 Å². The summed E-state index contributed by atoms with van der Waals surface area (Å²) in [6, 6.07) is 7.24. The molecular formula is C21H30N3O+. The van der Waals surface area contributed by atoms with Crippen molar-refractivity contribution in [3.05, 3.63) is 35.0 Å². The molecule has 2 aliphatic heterocycles. The smallest absolute Gasteiger partial charge is 0.278 e. The summed E-state index contributed by atoms with van der Waals surface area (Å²) in [4.78, 5) is 20.1. The summed E-state index contributed by atoms with van der Waals surface area (Å²) in [5.74, 6) is 0.336. The van der Waals surface area contributed by atoms with E-state index < -0.39 is 0 Å². The number of aromatic amines is 1. The van der Waals surface area contributed by atoms with Gasteiger partial charge in [0.05, 0.1) is 12.6 Å². The molecule has 4 rings (SSSR count). The molecule has 3 heterocycles. The number of benzene rings is 1. The maximum absolute atomic E-state index is 13.0. The highest BCUT2D eigenvalue weighted by Gasteiger charge is 2.30. The molecule has 1 saturated heterocycles. The van der Waals surface area contributed by atoms with Crippen molar-refractivity contribution in [1.29, 1.82) is 0 Å². The molecule has 1 unspecified atom stereocenters. The number of piperidine rings is 1. The van der Waals surface area contributed by atoms with Gasteiger partial charge in [0.25, 0.3) is 5.91 Å². The normalized spacial score (nSPS) is 23.7. The van der Waals surface area contributed by atoms with Crippen LogP contribution in [0.4, 0.5) is 0 Å². The number of aromatic nitrogens is 1. The molecule has 25 heavy (non-hydrogen) atoms. The molecule has 2 N–H and O–H groups in total. The zero-order valence-corrected chi connectivity index (χ0v) is 15.5. The Labute approximate surface area is 150 Å². The minimum atomic E-state index is 0.336. The molecule has 0 radical (unpaired) electrons. The molecule has 4 heteroatoms. The molecule has 0 saturated carbocycles. The van der Waals surface area contributed by atoms with Gasteiger partial charge >= 0.3 is 0 Å². The molecule has 0 bridgehead atoms. The highest BCUT2D eigenvalue weighted by molar-refractivity contribution is 5.86. The van der Waals surface area contributed by atoms with Gasteiger partial charge in [0, 0.05) is 41.7 Å². The third-order valence-electron chi connectivity index (χ3n) is 6.23. The Morgan fingerprint density at radius 1 is 1.36 bits per heavy atom. The van der Waals surface area contributed by atoms with Crippen LogP contribution in [0.3, 0.4) is 0 Å². The molecule has 0 spiro atoms. The van der Waals surface area contributed by atoms with E-state index in [4.69, 9.17) is 0 Å². The van der Waals surface area contributed by atoms with E-state index in [0.717, 1.165) is 26.1 Å². The summed E-state index contributed by atoms with van der Waals surface area (Å²) in [5, 5.41) is 1.30. The van der Waals surface area contributed by atoms with Crippen LogP contribution in [0.1, 0.15) is 49.4 Å². The minimum Gasteiger partial charge on any atom is -0.358 e. The average Bonchev–Trinajstić information content (AvgIpc) is 2.99. The molecule has 1 aromatic carbocycles. The molecule has 134 valence electrons.